The lowest BCUT2D eigenvalue weighted by atomic mass is 9.91. The lowest BCUT2D eigenvalue weighted by Crippen LogP contribution is -2.50. The van der Waals surface area contributed by atoms with Gasteiger partial charge in [-0.05, 0) is 44.6 Å². The number of morpholine rings is 1. The fourth-order valence-corrected chi connectivity index (χ4v) is 3.80. The molecule has 136 valence electrons. The average molecular weight is 346 g/mol. The molecule has 1 aromatic rings. The van der Waals surface area contributed by atoms with Crippen LogP contribution in [0.4, 0.5) is 4.79 Å². The summed E-state index contributed by atoms with van der Waals surface area (Å²) in [4.78, 5) is 26.3. The van der Waals surface area contributed by atoms with Crippen LogP contribution in [0.25, 0.3) is 0 Å². The zero-order valence-corrected chi connectivity index (χ0v) is 14.5. The molecule has 2 saturated carbocycles. The third kappa shape index (κ3) is 3.86. The summed E-state index contributed by atoms with van der Waals surface area (Å²) >= 11 is 0. The van der Waals surface area contributed by atoms with Crippen LogP contribution in [0.15, 0.2) is 16.9 Å². The number of nitrogens with one attached hydrogen (secondary N) is 1. The van der Waals surface area contributed by atoms with E-state index in [1.807, 2.05) is 11.0 Å². The first-order valence-corrected chi connectivity index (χ1v) is 9.43. The monoisotopic (exact) mass is 346 g/mol. The number of hydrogen-bond acceptors (Lipinski definition) is 4. The summed E-state index contributed by atoms with van der Waals surface area (Å²) in [5.41, 5.74) is 1.05. The van der Waals surface area contributed by atoms with Gasteiger partial charge >= 0.3 is 6.03 Å². The van der Waals surface area contributed by atoms with E-state index in [9.17, 15) is 9.59 Å². The molecule has 2 heterocycles. The second-order valence-corrected chi connectivity index (χ2v) is 7.37. The fourth-order valence-electron chi connectivity index (χ4n) is 3.80. The highest BCUT2D eigenvalue weighted by Gasteiger charge is 2.29. The molecule has 7 nitrogen and oxygen atoms in total. The molecule has 0 spiro atoms. The van der Waals surface area contributed by atoms with E-state index in [-0.39, 0.29) is 23.7 Å². The minimum Gasteiger partial charge on any atom is -0.378 e. The van der Waals surface area contributed by atoms with E-state index < -0.39 is 0 Å². The highest BCUT2D eigenvalue weighted by atomic mass is 16.5. The average Bonchev–Trinajstić information content (AvgIpc) is 3.49. The summed E-state index contributed by atoms with van der Waals surface area (Å²) in [5.74, 6) is 0.552. The number of nitrogens with zero attached hydrogens (tertiary/aromatic N) is 3. The molecule has 2 amide bonds. The first kappa shape index (κ1) is 16.6. The van der Waals surface area contributed by atoms with Crippen molar-refractivity contribution in [1.82, 2.24) is 20.0 Å². The van der Waals surface area contributed by atoms with E-state index in [0.29, 0.717) is 32.2 Å². The highest BCUT2D eigenvalue weighted by Crippen LogP contribution is 2.38. The maximum atomic E-state index is 12.3. The second-order valence-electron chi connectivity index (χ2n) is 7.37. The number of urea groups is 1. The molecule has 0 aromatic carbocycles. The summed E-state index contributed by atoms with van der Waals surface area (Å²) in [5, 5.41) is 7.75. The summed E-state index contributed by atoms with van der Waals surface area (Å²) in [6.45, 7) is 2.56. The Balaban J connectivity index is 1.33. The van der Waals surface area contributed by atoms with Gasteiger partial charge in [-0.15, -0.1) is 0 Å². The third-order valence-electron chi connectivity index (χ3n) is 5.51. The van der Waals surface area contributed by atoms with Crippen LogP contribution in [-0.2, 0) is 4.74 Å². The van der Waals surface area contributed by atoms with Gasteiger partial charge in [-0.25, -0.2) is 9.48 Å². The molecule has 1 aliphatic heterocycles. The summed E-state index contributed by atoms with van der Waals surface area (Å²) in [6, 6.07) is 3.90. The van der Waals surface area contributed by atoms with Crippen LogP contribution in [0.2, 0.25) is 0 Å². The fraction of sp³-hybridized carbons (Fsp3) is 0.722. The van der Waals surface area contributed by atoms with Gasteiger partial charge in [-0.3, -0.25) is 4.79 Å². The predicted octanol–water partition coefficient (Wildman–Crippen LogP) is 1.65. The van der Waals surface area contributed by atoms with E-state index in [0.717, 1.165) is 31.4 Å². The van der Waals surface area contributed by atoms with Crippen LogP contribution < -0.4 is 10.9 Å². The van der Waals surface area contributed by atoms with Crippen LogP contribution in [0, 0.1) is 0 Å². The number of ether oxygens (including phenoxy) is 1. The van der Waals surface area contributed by atoms with Crippen molar-refractivity contribution in [3.8, 4) is 0 Å². The molecule has 2 aliphatic carbocycles. The molecule has 0 radical (unpaired) electrons. The summed E-state index contributed by atoms with van der Waals surface area (Å²) in [7, 11) is 0. The molecule has 0 atom stereocenters. The highest BCUT2D eigenvalue weighted by molar-refractivity contribution is 5.74. The molecule has 1 saturated heterocycles. The Kier molecular flexibility index (Phi) is 4.74. The molecular weight excluding hydrogens is 320 g/mol. The van der Waals surface area contributed by atoms with E-state index in [2.05, 4.69) is 10.4 Å². The second kappa shape index (κ2) is 7.15. The van der Waals surface area contributed by atoms with Gasteiger partial charge in [0.25, 0.3) is 5.56 Å². The lowest BCUT2D eigenvalue weighted by Gasteiger charge is -2.33. The Morgan fingerprint density at radius 3 is 2.48 bits per heavy atom. The molecule has 3 aliphatic rings. The SMILES string of the molecule is O=C(NC1CCC(n2nc(C3CC3)ccc2=O)CC1)N1CCOCC1. The zero-order chi connectivity index (χ0) is 17.2. The van der Waals surface area contributed by atoms with Crippen molar-refractivity contribution in [2.45, 2.75) is 56.5 Å². The summed E-state index contributed by atoms with van der Waals surface area (Å²) < 4.78 is 6.97. The van der Waals surface area contributed by atoms with E-state index in [4.69, 9.17) is 4.74 Å². The van der Waals surface area contributed by atoms with Crippen molar-refractivity contribution in [2.24, 2.45) is 0 Å². The quantitative estimate of drug-likeness (QED) is 0.903. The van der Waals surface area contributed by atoms with Crippen LogP contribution in [0.1, 0.15) is 56.2 Å². The Hall–Kier alpha value is -1.89. The minimum atomic E-state index is -0.00907. The molecule has 3 fully saturated rings. The Morgan fingerprint density at radius 2 is 1.80 bits per heavy atom. The summed E-state index contributed by atoms with van der Waals surface area (Å²) in [6.07, 6.45) is 5.92. The van der Waals surface area contributed by atoms with Crippen molar-refractivity contribution >= 4 is 6.03 Å². The van der Waals surface area contributed by atoms with Crippen LogP contribution >= 0.6 is 0 Å². The Labute approximate surface area is 147 Å². The van der Waals surface area contributed by atoms with Gasteiger partial charge in [-0.1, -0.05) is 0 Å². The van der Waals surface area contributed by atoms with Gasteiger partial charge in [0.05, 0.1) is 24.9 Å². The van der Waals surface area contributed by atoms with Gasteiger partial charge in [0.1, 0.15) is 0 Å². The van der Waals surface area contributed by atoms with Crippen LogP contribution in [-0.4, -0.2) is 53.1 Å². The van der Waals surface area contributed by atoms with Crippen molar-refractivity contribution in [3.63, 3.8) is 0 Å². The van der Waals surface area contributed by atoms with Gasteiger partial charge in [0.2, 0.25) is 0 Å². The van der Waals surface area contributed by atoms with Gasteiger partial charge < -0.3 is 15.0 Å². The third-order valence-corrected chi connectivity index (χ3v) is 5.51. The number of rotatable bonds is 3. The maximum absolute atomic E-state index is 12.3. The van der Waals surface area contributed by atoms with E-state index >= 15 is 0 Å². The Morgan fingerprint density at radius 1 is 1.08 bits per heavy atom. The number of carbonyl (C=O) groups is 1. The largest absolute Gasteiger partial charge is 0.378 e. The van der Waals surface area contributed by atoms with Crippen molar-refractivity contribution in [2.75, 3.05) is 26.3 Å². The van der Waals surface area contributed by atoms with Gasteiger partial charge in [0.15, 0.2) is 0 Å². The minimum absolute atomic E-state index is 0.00907. The molecule has 0 unspecified atom stereocenters. The van der Waals surface area contributed by atoms with Crippen molar-refractivity contribution < 1.29 is 9.53 Å². The number of hydrogen-bond donors (Lipinski definition) is 1. The molecule has 7 heteroatoms. The van der Waals surface area contributed by atoms with Gasteiger partial charge in [0, 0.05) is 31.1 Å². The van der Waals surface area contributed by atoms with Gasteiger partial charge in [-0.2, -0.15) is 5.10 Å². The van der Waals surface area contributed by atoms with Crippen molar-refractivity contribution in [1.29, 1.82) is 0 Å². The Bertz CT molecular complexity index is 671. The molecule has 25 heavy (non-hydrogen) atoms. The molecule has 4 rings (SSSR count). The zero-order valence-electron chi connectivity index (χ0n) is 14.5. The predicted molar refractivity (Wildman–Crippen MR) is 92.7 cm³/mol. The van der Waals surface area contributed by atoms with Crippen LogP contribution in [0.3, 0.4) is 0 Å². The van der Waals surface area contributed by atoms with E-state index in [1.165, 1.54) is 12.8 Å². The lowest BCUT2D eigenvalue weighted by molar-refractivity contribution is 0.0519. The smallest absolute Gasteiger partial charge is 0.317 e. The van der Waals surface area contributed by atoms with Crippen LogP contribution in [0.5, 0.6) is 0 Å². The molecule has 1 N–H and O–H groups in total. The van der Waals surface area contributed by atoms with Crippen molar-refractivity contribution in [3.05, 3.63) is 28.2 Å². The first-order chi connectivity index (χ1) is 12.2. The molecular formula is C18H26N4O3. The topological polar surface area (TPSA) is 76.5 Å². The number of amides is 2. The number of aromatic nitrogens is 2. The van der Waals surface area contributed by atoms with E-state index in [1.54, 1.807) is 10.7 Å². The first-order valence-electron chi connectivity index (χ1n) is 9.43. The molecule has 1 aromatic heterocycles. The standard InChI is InChI=1S/C18H26N4O3/c23-17-8-7-16(13-1-2-13)20-22(17)15-5-3-14(4-6-15)19-18(24)21-9-11-25-12-10-21/h7-8,13-15H,1-6,9-12H2,(H,19,24). The molecule has 0 bridgehead atoms. The maximum Gasteiger partial charge on any atom is 0.317 e. The number of carbonyl (C=O) groups excluding carboxylic acids is 1. The normalized spacial score (nSPS) is 27.1.